The molecule has 1 aliphatic heterocycles. The first-order valence-electron chi connectivity index (χ1n) is 8.59. The van der Waals surface area contributed by atoms with Gasteiger partial charge < -0.3 is 4.90 Å². The first kappa shape index (κ1) is 19.6. The van der Waals surface area contributed by atoms with E-state index in [4.69, 9.17) is 0 Å². The molecule has 0 spiro atoms. The number of carbonyl (C=O) groups excluding carboxylic acids is 1. The number of H-pyrrole nitrogens is 1. The number of benzene rings is 1. The van der Waals surface area contributed by atoms with E-state index in [0.29, 0.717) is 37.6 Å². The predicted octanol–water partition coefficient (Wildman–Crippen LogP) is 2.32. The molecule has 2 heterocycles. The number of halogens is 3. The Bertz CT molecular complexity index is 863. The first-order chi connectivity index (χ1) is 13.3. The summed E-state index contributed by atoms with van der Waals surface area (Å²) in [5.74, 6) is 0.323. The molecule has 1 N–H and O–H groups in total. The number of carbonyl (C=O) groups is 1. The smallest absolute Gasteiger partial charge is 0.335 e. The molecule has 7 nitrogen and oxygen atoms in total. The fourth-order valence-corrected chi connectivity index (χ4v) is 3.10. The molecule has 28 heavy (non-hydrogen) atoms. The van der Waals surface area contributed by atoms with Crippen LogP contribution < -0.4 is 9.88 Å². The Kier molecular flexibility index (Phi) is 5.48. The summed E-state index contributed by atoms with van der Waals surface area (Å²) in [7, 11) is 0. The van der Waals surface area contributed by atoms with Crippen LogP contribution in [-0.4, -0.2) is 41.9 Å². The molecule has 0 aliphatic carbocycles. The molecular weight excluding hydrogens is 377 g/mol. The van der Waals surface area contributed by atoms with Crippen LogP contribution in [0.15, 0.2) is 42.6 Å². The van der Waals surface area contributed by atoms with Gasteiger partial charge in [-0.1, -0.05) is 18.2 Å². The van der Waals surface area contributed by atoms with Gasteiger partial charge in [0.2, 0.25) is 5.91 Å². The molecule has 0 bridgehead atoms. The molecule has 3 rings (SSSR count). The van der Waals surface area contributed by atoms with Gasteiger partial charge in [-0.3, -0.25) is 19.8 Å². The molecule has 1 aliphatic rings. The van der Waals surface area contributed by atoms with E-state index >= 15 is 0 Å². The average Bonchev–Trinajstić information content (AvgIpc) is 2.68. The molecule has 0 radical (unpaired) electrons. The van der Waals surface area contributed by atoms with Crippen molar-refractivity contribution < 1.29 is 27.9 Å². The van der Waals surface area contributed by atoms with E-state index in [1.807, 2.05) is 4.90 Å². The van der Waals surface area contributed by atoms with Crippen LogP contribution in [0.5, 0.6) is 0 Å². The van der Waals surface area contributed by atoms with Crippen LogP contribution in [0.2, 0.25) is 0 Å². The number of aromatic amines is 1. The highest BCUT2D eigenvalue weighted by molar-refractivity contribution is 5.80. The molecule has 1 aromatic heterocycles. The molecule has 2 aromatic rings. The molecule has 1 amide bonds. The third kappa shape index (κ3) is 4.38. The van der Waals surface area contributed by atoms with Gasteiger partial charge in [-0.25, -0.2) is 4.98 Å². The molecule has 1 aromatic carbocycles. The molecule has 0 saturated carbocycles. The number of para-hydroxylation sites is 1. The molecule has 148 valence electrons. The lowest BCUT2D eigenvalue weighted by atomic mass is 10.1. The lowest BCUT2D eigenvalue weighted by molar-refractivity contribution is -0.385. The summed E-state index contributed by atoms with van der Waals surface area (Å²) in [5.41, 5.74) is -0.487. The maximum Gasteiger partial charge on any atom is 0.419 e. The zero-order chi connectivity index (χ0) is 20.3. The van der Waals surface area contributed by atoms with Gasteiger partial charge in [0.15, 0.2) is 0 Å². The maximum atomic E-state index is 12.6. The Morgan fingerprint density at radius 2 is 1.79 bits per heavy atom. The van der Waals surface area contributed by atoms with E-state index in [1.165, 1.54) is 12.1 Å². The third-order valence-electron chi connectivity index (χ3n) is 4.63. The number of anilines is 1. The average molecular weight is 395 g/mol. The number of piperazine rings is 1. The van der Waals surface area contributed by atoms with Gasteiger partial charge in [-0.05, 0) is 6.07 Å². The van der Waals surface area contributed by atoms with Crippen molar-refractivity contribution in [3.8, 4) is 0 Å². The number of nitro benzene ring substituents is 1. The zero-order valence-electron chi connectivity index (χ0n) is 14.8. The summed E-state index contributed by atoms with van der Waals surface area (Å²) in [6, 6.07) is 8.50. The number of pyridine rings is 1. The van der Waals surface area contributed by atoms with Crippen molar-refractivity contribution >= 4 is 17.4 Å². The second-order valence-corrected chi connectivity index (χ2v) is 6.39. The van der Waals surface area contributed by atoms with Crippen molar-refractivity contribution in [3.63, 3.8) is 0 Å². The highest BCUT2D eigenvalue weighted by Gasteiger charge is 2.33. The Hall–Kier alpha value is -3.17. The summed E-state index contributed by atoms with van der Waals surface area (Å²) < 4.78 is 37.9. The summed E-state index contributed by atoms with van der Waals surface area (Å²) in [5, 5.41) is 11.1. The van der Waals surface area contributed by atoms with E-state index in [9.17, 15) is 28.1 Å². The molecule has 1 fully saturated rings. The minimum absolute atomic E-state index is 0.0659. The second-order valence-electron chi connectivity index (χ2n) is 6.39. The first-order valence-corrected chi connectivity index (χ1v) is 8.59. The van der Waals surface area contributed by atoms with Crippen molar-refractivity contribution in [3.05, 3.63) is 63.8 Å². The second kappa shape index (κ2) is 7.83. The van der Waals surface area contributed by atoms with Gasteiger partial charge >= 0.3 is 6.18 Å². The van der Waals surface area contributed by atoms with Crippen molar-refractivity contribution in [2.75, 3.05) is 31.1 Å². The highest BCUT2D eigenvalue weighted by atomic mass is 19.4. The predicted molar refractivity (Wildman–Crippen MR) is 93.6 cm³/mol. The van der Waals surface area contributed by atoms with E-state index in [2.05, 4.69) is 4.98 Å². The molecule has 0 unspecified atom stereocenters. The lowest BCUT2D eigenvalue weighted by Crippen LogP contribution is -2.50. The number of nitrogens with zero attached hydrogens (tertiary/aromatic N) is 3. The Morgan fingerprint density at radius 1 is 1.11 bits per heavy atom. The Labute approximate surface area is 158 Å². The highest BCUT2D eigenvalue weighted by Crippen LogP contribution is 2.28. The molecule has 10 heteroatoms. The monoisotopic (exact) mass is 395 g/mol. The van der Waals surface area contributed by atoms with Crippen LogP contribution in [-0.2, 0) is 17.4 Å². The number of amides is 1. The van der Waals surface area contributed by atoms with Crippen molar-refractivity contribution in [2.24, 2.45) is 0 Å². The minimum atomic E-state index is -4.40. The molecular formula is C18H18F3N4O3+. The van der Waals surface area contributed by atoms with Gasteiger partial charge in [-0.15, -0.1) is 0 Å². The summed E-state index contributed by atoms with van der Waals surface area (Å²) in [6.45, 7) is 1.66. The standard InChI is InChI=1S/C18H17F3N4O3/c19-18(20,21)14-5-6-16(22-12-14)23-7-9-24(10-8-23)17(26)11-13-3-1-2-4-15(13)25(27)28/h1-6,12H,7-11H2/p+1. The van der Waals surface area contributed by atoms with Gasteiger partial charge in [0, 0.05) is 17.7 Å². The van der Waals surface area contributed by atoms with E-state index in [0.717, 1.165) is 12.3 Å². The van der Waals surface area contributed by atoms with Crippen LogP contribution in [0.4, 0.5) is 24.7 Å². The number of aromatic nitrogens is 1. The Morgan fingerprint density at radius 3 is 2.36 bits per heavy atom. The van der Waals surface area contributed by atoms with Crippen LogP contribution >= 0.6 is 0 Å². The number of hydrogen-bond donors (Lipinski definition) is 0. The summed E-state index contributed by atoms with van der Waals surface area (Å²) in [6.07, 6.45) is -3.55. The number of hydrogen-bond acceptors (Lipinski definition) is 4. The van der Waals surface area contributed by atoms with Crippen molar-refractivity contribution in [1.29, 1.82) is 0 Å². The molecule has 0 atom stereocenters. The zero-order valence-corrected chi connectivity index (χ0v) is 14.8. The molecule has 1 saturated heterocycles. The van der Waals surface area contributed by atoms with Gasteiger partial charge in [-0.2, -0.15) is 13.2 Å². The van der Waals surface area contributed by atoms with Gasteiger partial charge in [0.1, 0.15) is 19.3 Å². The van der Waals surface area contributed by atoms with Crippen LogP contribution in [0, 0.1) is 10.1 Å². The van der Waals surface area contributed by atoms with Gasteiger partial charge in [0.25, 0.3) is 11.5 Å². The fourth-order valence-electron chi connectivity index (χ4n) is 3.10. The maximum absolute atomic E-state index is 12.6. The topological polar surface area (TPSA) is 80.8 Å². The van der Waals surface area contributed by atoms with Gasteiger partial charge in [0.05, 0.1) is 30.0 Å². The number of alkyl halides is 3. The van der Waals surface area contributed by atoms with E-state index in [1.54, 1.807) is 23.1 Å². The Balaban J connectivity index is 1.59. The number of nitrogens with one attached hydrogen (secondary N) is 1. The minimum Gasteiger partial charge on any atom is -0.335 e. The van der Waals surface area contributed by atoms with E-state index < -0.39 is 16.7 Å². The fraction of sp³-hybridized carbons (Fsp3) is 0.333. The van der Waals surface area contributed by atoms with Crippen LogP contribution in [0.1, 0.15) is 11.1 Å². The number of rotatable bonds is 4. The third-order valence-corrected chi connectivity index (χ3v) is 4.63. The summed E-state index contributed by atoms with van der Waals surface area (Å²) >= 11 is 0. The van der Waals surface area contributed by atoms with Crippen molar-refractivity contribution in [2.45, 2.75) is 12.6 Å². The van der Waals surface area contributed by atoms with E-state index in [-0.39, 0.29) is 18.0 Å². The van der Waals surface area contributed by atoms with Crippen molar-refractivity contribution in [1.82, 2.24) is 4.90 Å². The largest absolute Gasteiger partial charge is 0.419 e. The number of nitro groups is 1. The summed E-state index contributed by atoms with van der Waals surface area (Å²) in [4.78, 5) is 29.2. The SMILES string of the molecule is O=C(Cc1ccccc1[N+](=O)[O-])N1CCN(c2ccc(C(F)(F)F)c[nH+]2)CC1. The van der Waals surface area contributed by atoms with Crippen LogP contribution in [0.3, 0.4) is 0 Å². The van der Waals surface area contributed by atoms with Crippen LogP contribution in [0.25, 0.3) is 0 Å². The normalized spacial score (nSPS) is 14.8. The lowest BCUT2D eigenvalue weighted by Gasteiger charge is -2.31. The quantitative estimate of drug-likeness (QED) is 0.588.